The Balaban J connectivity index is 1.88. The number of anilines is 2. The quantitative estimate of drug-likeness (QED) is 0.643. The second-order valence-corrected chi connectivity index (χ2v) is 5.73. The van der Waals surface area contributed by atoms with Crippen LogP contribution in [-0.4, -0.2) is 67.1 Å². The van der Waals surface area contributed by atoms with Gasteiger partial charge >= 0.3 is 5.97 Å². The maximum absolute atomic E-state index is 11.1. The van der Waals surface area contributed by atoms with Crippen LogP contribution in [0.3, 0.4) is 0 Å². The molecule has 3 aromatic heterocycles. The summed E-state index contributed by atoms with van der Waals surface area (Å²) in [5.41, 5.74) is 7.23. The van der Waals surface area contributed by atoms with E-state index < -0.39 is 5.97 Å². The highest BCUT2D eigenvalue weighted by Gasteiger charge is 2.20. The molecule has 1 saturated heterocycles. The molecule has 1 aliphatic heterocycles. The average molecular weight is 356 g/mol. The molecule has 4 rings (SSSR count). The average Bonchev–Trinajstić information content (AvgIpc) is 3.05. The molecule has 11 nitrogen and oxygen atoms in total. The van der Waals surface area contributed by atoms with Crippen molar-refractivity contribution >= 4 is 28.9 Å². The first-order valence-electron chi connectivity index (χ1n) is 7.98. The van der Waals surface area contributed by atoms with Gasteiger partial charge in [-0.25, -0.2) is 19.6 Å². The molecule has 134 valence electrons. The first-order chi connectivity index (χ1) is 12.6. The molecule has 26 heavy (non-hydrogen) atoms. The number of hydrogen-bond donors (Lipinski definition) is 2. The standard InChI is InChI=1S/C15H16N8O3/c16-14-17-5-9(6-18-14)12-10-7-19-23(8-11(24)25)13(10)21-15(20-12)22-1-3-26-4-2-22/h5-7H,1-4,8H2,(H,24,25)(H2,16,17,18). The fourth-order valence-electron chi connectivity index (χ4n) is 2.77. The number of hydrogen-bond acceptors (Lipinski definition) is 9. The summed E-state index contributed by atoms with van der Waals surface area (Å²) >= 11 is 0. The lowest BCUT2D eigenvalue weighted by Crippen LogP contribution is -2.37. The maximum Gasteiger partial charge on any atom is 0.325 e. The largest absolute Gasteiger partial charge is 0.480 e. The van der Waals surface area contributed by atoms with Crippen LogP contribution in [0.2, 0.25) is 0 Å². The van der Waals surface area contributed by atoms with Crippen molar-refractivity contribution in [1.29, 1.82) is 0 Å². The van der Waals surface area contributed by atoms with Gasteiger partial charge in [0.25, 0.3) is 0 Å². The van der Waals surface area contributed by atoms with E-state index in [-0.39, 0.29) is 12.5 Å². The van der Waals surface area contributed by atoms with Crippen molar-refractivity contribution in [2.24, 2.45) is 0 Å². The molecule has 1 aliphatic rings. The van der Waals surface area contributed by atoms with E-state index >= 15 is 0 Å². The lowest BCUT2D eigenvalue weighted by molar-refractivity contribution is -0.137. The predicted molar refractivity (Wildman–Crippen MR) is 91.4 cm³/mol. The summed E-state index contributed by atoms with van der Waals surface area (Å²) in [4.78, 5) is 30.3. The molecular weight excluding hydrogens is 340 g/mol. The van der Waals surface area contributed by atoms with Gasteiger partial charge in [0, 0.05) is 31.0 Å². The molecule has 3 N–H and O–H groups in total. The molecule has 0 bridgehead atoms. The molecule has 3 aromatic rings. The third-order valence-electron chi connectivity index (χ3n) is 4.01. The third kappa shape index (κ3) is 2.99. The summed E-state index contributed by atoms with van der Waals surface area (Å²) in [6.07, 6.45) is 4.69. The topological polar surface area (TPSA) is 145 Å². The number of carboxylic acids is 1. The fraction of sp³-hybridized carbons (Fsp3) is 0.333. The highest BCUT2D eigenvalue weighted by molar-refractivity contribution is 5.91. The van der Waals surface area contributed by atoms with Crippen molar-refractivity contribution in [3.8, 4) is 11.3 Å². The number of fused-ring (bicyclic) bond motifs is 1. The Morgan fingerprint density at radius 3 is 2.62 bits per heavy atom. The molecule has 4 heterocycles. The van der Waals surface area contributed by atoms with Crippen LogP contribution in [0.15, 0.2) is 18.6 Å². The zero-order valence-electron chi connectivity index (χ0n) is 13.7. The van der Waals surface area contributed by atoms with Gasteiger partial charge < -0.3 is 20.5 Å². The highest BCUT2D eigenvalue weighted by atomic mass is 16.5. The number of nitrogens with zero attached hydrogens (tertiary/aromatic N) is 7. The van der Waals surface area contributed by atoms with Crippen molar-refractivity contribution < 1.29 is 14.6 Å². The lowest BCUT2D eigenvalue weighted by atomic mass is 10.2. The van der Waals surface area contributed by atoms with E-state index in [4.69, 9.17) is 15.6 Å². The number of nitrogens with two attached hydrogens (primary N) is 1. The molecule has 0 aliphatic carbocycles. The van der Waals surface area contributed by atoms with Crippen molar-refractivity contribution in [3.63, 3.8) is 0 Å². The summed E-state index contributed by atoms with van der Waals surface area (Å²) in [6.45, 7) is 2.17. The number of carbonyl (C=O) groups is 1. The van der Waals surface area contributed by atoms with E-state index in [2.05, 4.69) is 25.0 Å². The number of aliphatic carboxylic acids is 1. The summed E-state index contributed by atoms with van der Waals surface area (Å²) in [7, 11) is 0. The van der Waals surface area contributed by atoms with Crippen molar-refractivity contribution in [2.45, 2.75) is 6.54 Å². The van der Waals surface area contributed by atoms with Gasteiger partial charge in [0.2, 0.25) is 11.9 Å². The van der Waals surface area contributed by atoms with Gasteiger partial charge in [-0.05, 0) is 0 Å². The third-order valence-corrected chi connectivity index (χ3v) is 4.01. The van der Waals surface area contributed by atoms with Crippen LogP contribution in [0.5, 0.6) is 0 Å². The van der Waals surface area contributed by atoms with Gasteiger partial charge in [0.15, 0.2) is 5.65 Å². The van der Waals surface area contributed by atoms with Gasteiger partial charge in [-0.15, -0.1) is 0 Å². The number of aromatic nitrogens is 6. The smallest absolute Gasteiger partial charge is 0.325 e. The minimum absolute atomic E-state index is 0.161. The Kier molecular flexibility index (Phi) is 4.05. The van der Waals surface area contributed by atoms with Crippen molar-refractivity contribution in [1.82, 2.24) is 29.7 Å². The molecule has 0 atom stereocenters. The van der Waals surface area contributed by atoms with Crippen LogP contribution >= 0.6 is 0 Å². The lowest BCUT2D eigenvalue weighted by Gasteiger charge is -2.27. The molecule has 0 unspecified atom stereocenters. The highest BCUT2D eigenvalue weighted by Crippen LogP contribution is 2.28. The summed E-state index contributed by atoms with van der Waals surface area (Å²) in [5, 5.41) is 13.9. The van der Waals surface area contributed by atoms with Crippen LogP contribution in [0.25, 0.3) is 22.3 Å². The number of rotatable bonds is 4. The van der Waals surface area contributed by atoms with Gasteiger partial charge in [-0.1, -0.05) is 0 Å². The van der Waals surface area contributed by atoms with E-state index in [1.54, 1.807) is 18.6 Å². The SMILES string of the molecule is Nc1ncc(-c2nc(N3CCOCC3)nc3c2cnn3CC(=O)O)cn1. The van der Waals surface area contributed by atoms with Crippen LogP contribution in [-0.2, 0) is 16.1 Å². The summed E-state index contributed by atoms with van der Waals surface area (Å²) in [6, 6.07) is 0. The van der Waals surface area contributed by atoms with E-state index in [1.165, 1.54) is 4.68 Å². The Hall–Kier alpha value is -3.34. The molecule has 1 fully saturated rings. The molecule has 0 spiro atoms. The number of carboxylic acid groups (broad SMARTS) is 1. The summed E-state index contributed by atoms with van der Waals surface area (Å²) in [5.74, 6) is -0.354. The van der Waals surface area contributed by atoms with Gasteiger partial charge in [0.05, 0.1) is 30.5 Å². The van der Waals surface area contributed by atoms with Gasteiger partial charge in [-0.2, -0.15) is 10.1 Å². The monoisotopic (exact) mass is 356 g/mol. The van der Waals surface area contributed by atoms with E-state index in [9.17, 15) is 4.79 Å². The number of ether oxygens (including phenoxy) is 1. The van der Waals surface area contributed by atoms with E-state index in [0.717, 1.165) is 0 Å². The van der Waals surface area contributed by atoms with Crippen LogP contribution in [0, 0.1) is 0 Å². The summed E-state index contributed by atoms with van der Waals surface area (Å²) < 4.78 is 6.71. The minimum Gasteiger partial charge on any atom is -0.480 e. The van der Waals surface area contributed by atoms with E-state index in [0.29, 0.717) is 54.5 Å². The normalized spacial score (nSPS) is 14.7. The maximum atomic E-state index is 11.1. The van der Waals surface area contributed by atoms with E-state index in [1.807, 2.05) is 4.90 Å². The fourth-order valence-corrected chi connectivity index (χ4v) is 2.77. The second kappa shape index (κ2) is 6.52. The zero-order chi connectivity index (χ0) is 18.1. The Morgan fingerprint density at radius 2 is 1.92 bits per heavy atom. The Bertz CT molecular complexity index is 949. The van der Waals surface area contributed by atoms with Crippen LogP contribution in [0.4, 0.5) is 11.9 Å². The first kappa shape index (κ1) is 16.1. The number of nitrogen functional groups attached to an aromatic ring is 1. The number of morpholine rings is 1. The second-order valence-electron chi connectivity index (χ2n) is 5.73. The molecule has 0 aromatic carbocycles. The molecule has 11 heteroatoms. The molecule has 0 amide bonds. The minimum atomic E-state index is -1.00. The van der Waals surface area contributed by atoms with Gasteiger partial charge in [-0.3, -0.25) is 4.79 Å². The molecule has 0 radical (unpaired) electrons. The first-order valence-corrected chi connectivity index (χ1v) is 7.98. The van der Waals surface area contributed by atoms with Crippen molar-refractivity contribution in [3.05, 3.63) is 18.6 Å². The van der Waals surface area contributed by atoms with Crippen molar-refractivity contribution in [2.75, 3.05) is 36.9 Å². The molecular formula is C15H16N8O3. The van der Waals surface area contributed by atoms with Gasteiger partial charge in [0.1, 0.15) is 6.54 Å². The molecule has 0 saturated carbocycles. The zero-order valence-corrected chi connectivity index (χ0v) is 13.7. The predicted octanol–water partition coefficient (Wildman–Crippen LogP) is -0.213. The Labute approximate surface area is 147 Å². The van der Waals surface area contributed by atoms with Crippen LogP contribution in [0.1, 0.15) is 0 Å². The van der Waals surface area contributed by atoms with Crippen LogP contribution < -0.4 is 10.6 Å². The Morgan fingerprint density at radius 1 is 1.19 bits per heavy atom.